The van der Waals surface area contributed by atoms with Crippen molar-refractivity contribution in [1.29, 1.82) is 0 Å². The van der Waals surface area contributed by atoms with E-state index in [0.29, 0.717) is 4.48 Å². The largest absolute Gasteiger partial charge is 0.319 e. The topological polar surface area (TPSA) is 54.4 Å². The van der Waals surface area contributed by atoms with Crippen LogP contribution >= 0.6 is 0 Å². The van der Waals surface area contributed by atoms with Crippen molar-refractivity contribution in [2.45, 2.75) is 12.0 Å². The summed E-state index contributed by atoms with van der Waals surface area (Å²) in [7, 11) is 1.96. The Hall–Kier alpha value is -1.17. The van der Waals surface area contributed by atoms with Crippen LogP contribution in [-0.4, -0.2) is 44.3 Å². The molecule has 0 aromatic heterocycles. The Morgan fingerprint density at radius 2 is 1.79 bits per heavy atom. The summed E-state index contributed by atoms with van der Waals surface area (Å²) < 4.78 is 31.6. The normalized spacial score (nSPS) is 15.8. The first-order chi connectivity index (χ1) is 8.62. The Bertz CT molecular complexity index is 532. The second-order valence-electron chi connectivity index (χ2n) is 5.54. The third-order valence-corrected chi connectivity index (χ3v) is 4.27. The van der Waals surface area contributed by atoms with Gasteiger partial charge in [0.05, 0.1) is 26.9 Å². The van der Waals surface area contributed by atoms with E-state index in [1.165, 1.54) is 0 Å². The molecule has 1 N–H and O–H groups in total. The second kappa shape index (κ2) is 5.45. The zero-order chi connectivity index (χ0) is 14.7. The molecule has 1 aromatic carbocycles. The predicted octanol–water partition coefficient (Wildman–Crippen LogP) is 2.05. The molecule has 5 heteroatoms. The van der Waals surface area contributed by atoms with Gasteiger partial charge in [0.15, 0.2) is 0 Å². The number of benzene rings is 1. The van der Waals surface area contributed by atoms with Gasteiger partial charge >= 0.3 is 0 Å². The Kier molecular flexibility index (Phi) is 4.55. The average Bonchev–Trinajstić information content (AvgIpc) is 2.28. The summed E-state index contributed by atoms with van der Waals surface area (Å²) in [6.45, 7) is 3.88. The highest BCUT2D eigenvalue weighted by molar-refractivity contribution is 7.85. The lowest BCUT2D eigenvalue weighted by Gasteiger charge is -2.44. The van der Waals surface area contributed by atoms with Crippen LogP contribution in [0.25, 0.3) is 0 Å². The van der Waals surface area contributed by atoms with Crippen molar-refractivity contribution < 1.29 is 17.5 Å². The van der Waals surface area contributed by atoms with Gasteiger partial charge < -0.3 is 4.48 Å². The summed E-state index contributed by atoms with van der Waals surface area (Å²) in [5.41, 5.74) is 0.429. The Morgan fingerprint density at radius 3 is 2.16 bits per heavy atom. The third-order valence-electron chi connectivity index (χ3n) is 3.55. The SMILES string of the molecule is C=CC(CCS(=O)(=O)O)(c1ccccc1)[N+](C)(C)C. The molecule has 0 saturated carbocycles. The van der Waals surface area contributed by atoms with Crippen LogP contribution in [0, 0.1) is 0 Å². The van der Waals surface area contributed by atoms with Crippen LogP contribution in [0.1, 0.15) is 12.0 Å². The van der Waals surface area contributed by atoms with E-state index < -0.39 is 15.7 Å². The zero-order valence-corrected chi connectivity index (χ0v) is 12.5. The molecule has 0 bridgehead atoms. The molecular weight excluding hydrogens is 262 g/mol. The molecule has 0 amide bonds. The van der Waals surface area contributed by atoms with Gasteiger partial charge in [-0.05, 0) is 6.08 Å². The van der Waals surface area contributed by atoms with Gasteiger partial charge in [-0.1, -0.05) is 36.9 Å². The maximum absolute atomic E-state index is 11.1. The van der Waals surface area contributed by atoms with Gasteiger partial charge in [0, 0.05) is 12.0 Å². The summed E-state index contributed by atoms with van der Waals surface area (Å²) in [4.78, 5) is 0. The van der Waals surface area contributed by atoms with E-state index in [1.807, 2.05) is 51.5 Å². The van der Waals surface area contributed by atoms with Gasteiger partial charge in [-0.25, -0.2) is 0 Å². The minimum absolute atomic E-state index is 0.281. The highest BCUT2D eigenvalue weighted by Gasteiger charge is 2.42. The number of hydrogen-bond acceptors (Lipinski definition) is 2. The van der Waals surface area contributed by atoms with Crippen LogP contribution in [0.2, 0.25) is 0 Å². The lowest BCUT2D eigenvalue weighted by Crippen LogP contribution is -2.54. The molecule has 0 aliphatic carbocycles. The van der Waals surface area contributed by atoms with E-state index in [9.17, 15) is 8.42 Å². The van der Waals surface area contributed by atoms with E-state index in [1.54, 1.807) is 6.08 Å². The van der Waals surface area contributed by atoms with E-state index in [2.05, 4.69) is 6.58 Å². The van der Waals surface area contributed by atoms with Crippen LogP contribution in [0.15, 0.2) is 43.0 Å². The highest BCUT2D eigenvalue weighted by atomic mass is 32.2. The molecule has 0 spiro atoms. The van der Waals surface area contributed by atoms with E-state index in [0.717, 1.165) is 5.56 Å². The molecule has 0 fully saturated rings. The molecule has 106 valence electrons. The van der Waals surface area contributed by atoms with Crippen molar-refractivity contribution in [3.8, 4) is 0 Å². The molecule has 1 unspecified atom stereocenters. The molecule has 1 atom stereocenters. The fourth-order valence-electron chi connectivity index (χ4n) is 2.37. The maximum Gasteiger partial charge on any atom is 0.265 e. The number of quaternary nitrogens is 1. The minimum atomic E-state index is -3.99. The molecule has 0 radical (unpaired) electrons. The van der Waals surface area contributed by atoms with Crippen LogP contribution in [0.4, 0.5) is 0 Å². The van der Waals surface area contributed by atoms with Crippen molar-refractivity contribution in [1.82, 2.24) is 0 Å². The first kappa shape index (κ1) is 15.9. The van der Waals surface area contributed by atoms with E-state index in [-0.39, 0.29) is 12.2 Å². The maximum atomic E-state index is 11.1. The molecule has 0 aliphatic rings. The average molecular weight is 284 g/mol. The lowest BCUT2D eigenvalue weighted by molar-refractivity contribution is -0.924. The standard InChI is InChI=1S/C14H21NO3S/c1-5-14(15(2,3)4,11-12-19(16,17)18)13-9-7-6-8-10-13/h5-10H,1,11-12H2,2-4H3/p+1. The number of nitrogens with zero attached hydrogens (tertiary/aromatic N) is 1. The van der Waals surface area contributed by atoms with Gasteiger partial charge in [0.25, 0.3) is 10.1 Å². The van der Waals surface area contributed by atoms with Crippen molar-refractivity contribution in [2.24, 2.45) is 0 Å². The van der Waals surface area contributed by atoms with Crippen molar-refractivity contribution in [2.75, 3.05) is 26.9 Å². The summed E-state index contributed by atoms with van der Waals surface area (Å²) in [5.74, 6) is -0.288. The number of hydrogen-bond donors (Lipinski definition) is 1. The third kappa shape index (κ3) is 3.65. The Labute approximate surface area is 115 Å². The van der Waals surface area contributed by atoms with Gasteiger partial charge in [-0.3, -0.25) is 4.55 Å². The zero-order valence-electron chi connectivity index (χ0n) is 11.7. The molecule has 19 heavy (non-hydrogen) atoms. The molecule has 1 aromatic rings. The summed E-state index contributed by atoms with van der Waals surface area (Å²) >= 11 is 0. The van der Waals surface area contributed by atoms with Gasteiger partial charge in [-0.15, -0.1) is 0 Å². The number of rotatable bonds is 6. The monoisotopic (exact) mass is 284 g/mol. The van der Waals surface area contributed by atoms with E-state index >= 15 is 0 Å². The molecule has 0 aliphatic heterocycles. The molecular formula is C14H22NO3S+. The first-order valence-electron chi connectivity index (χ1n) is 6.08. The van der Waals surface area contributed by atoms with Crippen LogP contribution in [-0.2, 0) is 15.7 Å². The fourth-order valence-corrected chi connectivity index (χ4v) is 2.94. The van der Waals surface area contributed by atoms with Crippen LogP contribution in [0.3, 0.4) is 0 Å². The lowest BCUT2D eigenvalue weighted by atomic mass is 9.84. The Balaban J connectivity index is 3.29. The molecule has 0 heterocycles. The number of likely N-dealkylation sites (N-methyl/N-ethyl adjacent to an activating group) is 1. The fraction of sp³-hybridized carbons (Fsp3) is 0.429. The molecule has 4 nitrogen and oxygen atoms in total. The summed E-state index contributed by atoms with van der Waals surface area (Å²) in [6.07, 6.45) is 2.05. The molecule has 0 saturated heterocycles. The molecule has 1 rings (SSSR count). The van der Waals surface area contributed by atoms with Crippen LogP contribution < -0.4 is 0 Å². The predicted molar refractivity (Wildman–Crippen MR) is 77.4 cm³/mol. The van der Waals surface area contributed by atoms with Crippen molar-refractivity contribution in [3.63, 3.8) is 0 Å². The van der Waals surface area contributed by atoms with E-state index in [4.69, 9.17) is 4.55 Å². The first-order valence-corrected chi connectivity index (χ1v) is 7.69. The van der Waals surface area contributed by atoms with Crippen LogP contribution in [0.5, 0.6) is 0 Å². The van der Waals surface area contributed by atoms with Gasteiger partial charge in [0.1, 0.15) is 5.54 Å². The Morgan fingerprint density at radius 1 is 1.26 bits per heavy atom. The quantitative estimate of drug-likeness (QED) is 0.494. The summed E-state index contributed by atoms with van der Waals surface area (Å²) in [5, 5.41) is 0. The van der Waals surface area contributed by atoms with Crippen molar-refractivity contribution in [3.05, 3.63) is 48.6 Å². The van der Waals surface area contributed by atoms with Crippen molar-refractivity contribution >= 4 is 10.1 Å². The highest BCUT2D eigenvalue weighted by Crippen LogP contribution is 2.36. The second-order valence-corrected chi connectivity index (χ2v) is 7.11. The van der Waals surface area contributed by atoms with Gasteiger partial charge in [-0.2, -0.15) is 8.42 Å². The smallest absolute Gasteiger partial charge is 0.265 e. The van der Waals surface area contributed by atoms with Gasteiger partial charge in [0.2, 0.25) is 0 Å². The minimum Gasteiger partial charge on any atom is -0.319 e. The summed E-state index contributed by atoms with van der Waals surface area (Å²) in [6, 6.07) is 9.65.